The number of carbonyl (C=O) groups is 1. The second-order valence-corrected chi connectivity index (χ2v) is 5.04. The molecular weight excluding hydrogens is 254 g/mol. The zero-order valence-corrected chi connectivity index (χ0v) is 12.6. The molecule has 0 aromatic heterocycles. The summed E-state index contributed by atoms with van der Waals surface area (Å²) in [4.78, 5) is 15.1. The molecule has 0 atom stereocenters. The average Bonchev–Trinajstić information content (AvgIpc) is 2.44. The van der Waals surface area contributed by atoms with Crippen LogP contribution in [-0.4, -0.2) is 56.9 Å². The lowest BCUT2D eigenvalue weighted by Crippen LogP contribution is -2.39. The number of nitrogens with zero attached hydrogens (tertiary/aromatic N) is 2. The zero-order chi connectivity index (χ0) is 15.0. The van der Waals surface area contributed by atoms with Gasteiger partial charge in [0.1, 0.15) is 0 Å². The monoisotopic (exact) mass is 279 g/mol. The van der Waals surface area contributed by atoms with E-state index in [1.807, 2.05) is 14.1 Å². The van der Waals surface area contributed by atoms with Crippen LogP contribution in [0, 0.1) is 0 Å². The number of rotatable bonds is 7. The maximum absolute atomic E-state index is 11.6. The van der Waals surface area contributed by atoms with Gasteiger partial charge in [-0.15, -0.1) is 0 Å². The standard InChI is InChI=1S/C15H25N3O2/c1-17(2)14-8-6-13(7-9-14)5-4-10-16-15(20)18(3)11-12-19/h6-9,19H,4-5,10-12H2,1-3H3,(H,16,20). The zero-order valence-electron chi connectivity index (χ0n) is 12.6. The van der Waals surface area contributed by atoms with Crippen molar-refractivity contribution in [1.82, 2.24) is 10.2 Å². The summed E-state index contributed by atoms with van der Waals surface area (Å²) in [6, 6.07) is 8.30. The van der Waals surface area contributed by atoms with E-state index < -0.39 is 0 Å². The van der Waals surface area contributed by atoms with Crippen molar-refractivity contribution < 1.29 is 9.90 Å². The second kappa shape index (κ2) is 8.43. The maximum Gasteiger partial charge on any atom is 0.317 e. The number of aliphatic hydroxyl groups is 1. The molecule has 5 heteroatoms. The van der Waals surface area contributed by atoms with Crippen LogP contribution in [0.4, 0.5) is 10.5 Å². The third kappa shape index (κ3) is 5.48. The Hall–Kier alpha value is -1.75. The van der Waals surface area contributed by atoms with Crippen LogP contribution in [-0.2, 0) is 6.42 Å². The summed E-state index contributed by atoms with van der Waals surface area (Å²) >= 11 is 0. The lowest BCUT2D eigenvalue weighted by Gasteiger charge is -2.16. The van der Waals surface area contributed by atoms with Crippen molar-refractivity contribution in [2.24, 2.45) is 0 Å². The molecule has 1 rings (SSSR count). The number of aliphatic hydroxyl groups excluding tert-OH is 1. The van der Waals surface area contributed by atoms with Gasteiger partial charge in [0.2, 0.25) is 0 Å². The van der Waals surface area contributed by atoms with Crippen LogP contribution in [0.25, 0.3) is 0 Å². The van der Waals surface area contributed by atoms with Gasteiger partial charge in [-0.1, -0.05) is 12.1 Å². The molecule has 0 fully saturated rings. The average molecular weight is 279 g/mol. The Morgan fingerprint density at radius 2 is 1.85 bits per heavy atom. The van der Waals surface area contributed by atoms with E-state index in [4.69, 9.17) is 5.11 Å². The van der Waals surface area contributed by atoms with Crippen molar-refractivity contribution in [3.05, 3.63) is 29.8 Å². The van der Waals surface area contributed by atoms with Gasteiger partial charge in [0.25, 0.3) is 0 Å². The van der Waals surface area contributed by atoms with Crippen molar-refractivity contribution in [3.8, 4) is 0 Å². The summed E-state index contributed by atoms with van der Waals surface area (Å²) in [5.41, 5.74) is 2.46. The maximum atomic E-state index is 11.6. The van der Waals surface area contributed by atoms with Crippen LogP contribution >= 0.6 is 0 Å². The summed E-state index contributed by atoms with van der Waals surface area (Å²) in [6.45, 7) is 0.990. The van der Waals surface area contributed by atoms with Gasteiger partial charge in [-0.25, -0.2) is 4.79 Å². The number of benzene rings is 1. The fourth-order valence-corrected chi connectivity index (χ4v) is 1.84. The summed E-state index contributed by atoms with van der Waals surface area (Å²) < 4.78 is 0. The van der Waals surface area contributed by atoms with Gasteiger partial charge in [0, 0.05) is 39.9 Å². The van der Waals surface area contributed by atoms with Crippen LogP contribution in [0.3, 0.4) is 0 Å². The lowest BCUT2D eigenvalue weighted by atomic mass is 10.1. The van der Waals surface area contributed by atoms with E-state index in [0.717, 1.165) is 12.8 Å². The smallest absolute Gasteiger partial charge is 0.317 e. The Kier molecular flexibility index (Phi) is 6.87. The van der Waals surface area contributed by atoms with Gasteiger partial charge >= 0.3 is 6.03 Å². The highest BCUT2D eigenvalue weighted by molar-refractivity contribution is 5.73. The number of hydrogen-bond donors (Lipinski definition) is 2. The number of urea groups is 1. The highest BCUT2D eigenvalue weighted by Crippen LogP contribution is 2.13. The Balaban J connectivity index is 2.25. The van der Waals surface area contributed by atoms with E-state index in [1.54, 1.807) is 7.05 Å². The van der Waals surface area contributed by atoms with Crippen molar-refractivity contribution in [2.75, 3.05) is 45.7 Å². The largest absolute Gasteiger partial charge is 0.395 e. The minimum Gasteiger partial charge on any atom is -0.395 e. The SMILES string of the molecule is CN(CCO)C(=O)NCCCc1ccc(N(C)C)cc1. The molecule has 20 heavy (non-hydrogen) atoms. The van der Waals surface area contributed by atoms with Gasteiger partial charge in [-0.05, 0) is 30.5 Å². The van der Waals surface area contributed by atoms with E-state index in [0.29, 0.717) is 13.1 Å². The van der Waals surface area contributed by atoms with E-state index in [1.165, 1.54) is 16.2 Å². The Morgan fingerprint density at radius 1 is 1.20 bits per heavy atom. The highest BCUT2D eigenvalue weighted by Gasteiger charge is 2.05. The molecule has 5 nitrogen and oxygen atoms in total. The summed E-state index contributed by atoms with van der Waals surface area (Å²) in [5, 5.41) is 11.6. The molecule has 0 saturated heterocycles. The first kappa shape index (κ1) is 16.3. The molecule has 0 aliphatic heterocycles. The minimum atomic E-state index is -0.137. The molecule has 0 heterocycles. The molecule has 1 aromatic rings. The molecule has 112 valence electrons. The third-order valence-corrected chi connectivity index (χ3v) is 3.15. The number of amides is 2. The first-order chi connectivity index (χ1) is 9.54. The number of hydrogen-bond acceptors (Lipinski definition) is 3. The van der Waals surface area contributed by atoms with Crippen molar-refractivity contribution >= 4 is 11.7 Å². The predicted octanol–water partition coefficient (Wildman–Crippen LogP) is 1.32. The number of aryl methyl sites for hydroxylation is 1. The van der Waals surface area contributed by atoms with Crippen LogP contribution in [0.1, 0.15) is 12.0 Å². The van der Waals surface area contributed by atoms with Gasteiger partial charge < -0.3 is 20.2 Å². The van der Waals surface area contributed by atoms with Crippen LogP contribution in [0.2, 0.25) is 0 Å². The van der Waals surface area contributed by atoms with Crippen LogP contribution in [0.5, 0.6) is 0 Å². The molecule has 0 aliphatic rings. The fourth-order valence-electron chi connectivity index (χ4n) is 1.84. The molecule has 0 saturated carbocycles. The van der Waals surface area contributed by atoms with Gasteiger partial charge in [0.05, 0.1) is 6.61 Å². The predicted molar refractivity (Wildman–Crippen MR) is 82.2 cm³/mol. The molecule has 2 N–H and O–H groups in total. The normalized spacial score (nSPS) is 10.2. The Labute approximate surface area is 121 Å². The van der Waals surface area contributed by atoms with Crippen LogP contribution in [0.15, 0.2) is 24.3 Å². The Morgan fingerprint density at radius 3 is 2.40 bits per heavy atom. The molecule has 0 radical (unpaired) electrons. The third-order valence-electron chi connectivity index (χ3n) is 3.15. The molecule has 0 unspecified atom stereocenters. The number of nitrogens with one attached hydrogen (secondary N) is 1. The quantitative estimate of drug-likeness (QED) is 0.740. The highest BCUT2D eigenvalue weighted by atomic mass is 16.3. The fraction of sp³-hybridized carbons (Fsp3) is 0.533. The number of likely N-dealkylation sites (N-methyl/N-ethyl adjacent to an activating group) is 1. The summed E-state index contributed by atoms with van der Waals surface area (Å²) in [5.74, 6) is 0. The van der Waals surface area contributed by atoms with Gasteiger partial charge in [-0.3, -0.25) is 0 Å². The topological polar surface area (TPSA) is 55.8 Å². The van der Waals surface area contributed by atoms with E-state index >= 15 is 0 Å². The van der Waals surface area contributed by atoms with E-state index in [-0.39, 0.29) is 12.6 Å². The second-order valence-electron chi connectivity index (χ2n) is 5.04. The van der Waals surface area contributed by atoms with E-state index in [9.17, 15) is 4.79 Å². The van der Waals surface area contributed by atoms with Crippen molar-refractivity contribution in [2.45, 2.75) is 12.8 Å². The Bertz CT molecular complexity index is 404. The first-order valence-corrected chi connectivity index (χ1v) is 6.90. The molecular formula is C15H25N3O2. The molecule has 1 aromatic carbocycles. The summed E-state index contributed by atoms with van der Waals surface area (Å²) in [7, 11) is 5.71. The molecule has 2 amide bonds. The first-order valence-electron chi connectivity index (χ1n) is 6.90. The van der Waals surface area contributed by atoms with Crippen molar-refractivity contribution in [3.63, 3.8) is 0 Å². The van der Waals surface area contributed by atoms with Gasteiger partial charge in [0.15, 0.2) is 0 Å². The molecule has 0 aliphatic carbocycles. The number of carbonyl (C=O) groups excluding carboxylic acids is 1. The molecule has 0 bridgehead atoms. The van der Waals surface area contributed by atoms with Crippen molar-refractivity contribution in [1.29, 1.82) is 0 Å². The lowest BCUT2D eigenvalue weighted by molar-refractivity contribution is 0.190. The number of anilines is 1. The molecule has 0 spiro atoms. The minimum absolute atomic E-state index is 0.0118. The summed E-state index contributed by atoms with van der Waals surface area (Å²) in [6.07, 6.45) is 1.84. The van der Waals surface area contributed by atoms with E-state index in [2.05, 4.69) is 34.5 Å². The van der Waals surface area contributed by atoms with Crippen LogP contribution < -0.4 is 10.2 Å². The van der Waals surface area contributed by atoms with Gasteiger partial charge in [-0.2, -0.15) is 0 Å².